The van der Waals surface area contributed by atoms with Crippen molar-refractivity contribution in [1.82, 2.24) is 5.32 Å². The lowest BCUT2D eigenvalue weighted by Crippen LogP contribution is -2.27. The van der Waals surface area contributed by atoms with Crippen LogP contribution in [0.4, 0.5) is 8.78 Å². The van der Waals surface area contributed by atoms with E-state index in [0.29, 0.717) is 10.4 Å². The van der Waals surface area contributed by atoms with Gasteiger partial charge in [-0.15, -0.1) is 11.3 Å². The van der Waals surface area contributed by atoms with Gasteiger partial charge in [-0.05, 0) is 36.1 Å². The fraction of sp³-hybridized carbons (Fsp3) is 0.250. The Hall–Kier alpha value is -2.08. The van der Waals surface area contributed by atoms with Crippen molar-refractivity contribution in [3.8, 4) is 0 Å². The van der Waals surface area contributed by atoms with Crippen molar-refractivity contribution in [3.05, 3.63) is 57.8 Å². The van der Waals surface area contributed by atoms with Gasteiger partial charge >= 0.3 is 0 Å². The van der Waals surface area contributed by atoms with Crippen LogP contribution in [-0.4, -0.2) is 11.7 Å². The van der Waals surface area contributed by atoms with E-state index < -0.39 is 17.7 Å². The van der Waals surface area contributed by atoms with E-state index in [1.54, 1.807) is 24.4 Å². The Morgan fingerprint density at radius 3 is 2.59 bits per heavy atom. The first-order chi connectivity index (χ1) is 10.5. The molecule has 3 nitrogen and oxygen atoms in total. The third-order valence-electron chi connectivity index (χ3n) is 3.20. The minimum absolute atomic E-state index is 0.0603. The van der Waals surface area contributed by atoms with Crippen molar-refractivity contribution in [3.63, 3.8) is 0 Å². The summed E-state index contributed by atoms with van der Waals surface area (Å²) in [6.45, 7) is 1.67. The topological polar surface area (TPSA) is 46.2 Å². The van der Waals surface area contributed by atoms with Crippen LogP contribution < -0.4 is 5.32 Å². The summed E-state index contributed by atoms with van der Waals surface area (Å²) in [5.41, 5.74) is 0.469. The average molecular weight is 323 g/mol. The van der Waals surface area contributed by atoms with Crippen LogP contribution in [0, 0.1) is 11.6 Å². The van der Waals surface area contributed by atoms with Crippen LogP contribution in [0.5, 0.6) is 0 Å². The number of halogens is 2. The van der Waals surface area contributed by atoms with Gasteiger partial charge < -0.3 is 5.32 Å². The average Bonchev–Trinajstić information content (AvgIpc) is 3.02. The zero-order valence-electron chi connectivity index (χ0n) is 11.9. The molecular formula is C16H15F2NO2S. The summed E-state index contributed by atoms with van der Waals surface area (Å²) < 4.78 is 26.0. The maximum Gasteiger partial charge on any atom is 0.220 e. The largest absolute Gasteiger partial charge is 0.350 e. The maximum atomic E-state index is 13.2. The summed E-state index contributed by atoms with van der Waals surface area (Å²) in [7, 11) is 0. The summed E-state index contributed by atoms with van der Waals surface area (Å²) in [4.78, 5) is 24.2. The Morgan fingerprint density at radius 1 is 1.18 bits per heavy atom. The number of benzene rings is 1. The molecule has 0 radical (unpaired) electrons. The summed E-state index contributed by atoms with van der Waals surface area (Å²) in [6.07, 6.45) is 0.182. The Morgan fingerprint density at radius 2 is 1.95 bits per heavy atom. The lowest BCUT2D eigenvalue weighted by atomic mass is 10.1. The van der Waals surface area contributed by atoms with E-state index in [-0.39, 0.29) is 24.5 Å². The number of thiophene rings is 1. The van der Waals surface area contributed by atoms with Crippen molar-refractivity contribution in [1.29, 1.82) is 0 Å². The Balaban J connectivity index is 1.86. The van der Waals surface area contributed by atoms with Crippen LogP contribution in [0.25, 0.3) is 0 Å². The van der Waals surface area contributed by atoms with E-state index in [1.807, 2.05) is 0 Å². The predicted octanol–water partition coefficient (Wildman–Crippen LogP) is 3.87. The van der Waals surface area contributed by atoms with Crippen molar-refractivity contribution < 1.29 is 18.4 Å². The second-order valence-electron chi connectivity index (χ2n) is 4.86. The first kappa shape index (κ1) is 16.3. The number of hydrogen-bond donors (Lipinski definition) is 1. The first-order valence-electron chi connectivity index (χ1n) is 6.78. The molecule has 0 spiro atoms. The fourth-order valence-corrected chi connectivity index (χ4v) is 2.66. The van der Waals surface area contributed by atoms with Crippen molar-refractivity contribution in [2.24, 2.45) is 0 Å². The predicted molar refractivity (Wildman–Crippen MR) is 80.8 cm³/mol. The third-order valence-corrected chi connectivity index (χ3v) is 4.11. The standard InChI is InChI=1S/C16H15F2NO2S/c1-10(11-4-5-12(17)13(18)9-11)19-16(21)7-6-14(20)15-3-2-8-22-15/h2-5,8-10H,6-7H2,1H3,(H,19,21). The molecule has 1 aromatic carbocycles. The normalized spacial score (nSPS) is 12.0. The molecule has 116 valence electrons. The van der Waals surface area contributed by atoms with Gasteiger partial charge in [0, 0.05) is 12.8 Å². The van der Waals surface area contributed by atoms with E-state index in [0.717, 1.165) is 12.1 Å². The quantitative estimate of drug-likeness (QED) is 0.820. The van der Waals surface area contributed by atoms with E-state index >= 15 is 0 Å². The van der Waals surface area contributed by atoms with E-state index in [1.165, 1.54) is 17.4 Å². The number of hydrogen-bond acceptors (Lipinski definition) is 3. The Bertz CT molecular complexity index is 671. The maximum absolute atomic E-state index is 13.2. The van der Waals surface area contributed by atoms with E-state index in [4.69, 9.17) is 0 Å². The van der Waals surface area contributed by atoms with Crippen LogP contribution in [-0.2, 0) is 4.79 Å². The monoisotopic (exact) mass is 323 g/mol. The highest BCUT2D eigenvalue weighted by atomic mass is 32.1. The smallest absolute Gasteiger partial charge is 0.220 e. The van der Waals surface area contributed by atoms with E-state index in [9.17, 15) is 18.4 Å². The lowest BCUT2D eigenvalue weighted by Gasteiger charge is -2.14. The molecule has 0 saturated heterocycles. The number of nitrogens with one attached hydrogen (secondary N) is 1. The van der Waals surface area contributed by atoms with Gasteiger partial charge in [-0.2, -0.15) is 0 Å². The molecule has 0 bridgehead atoms. The molecule has 0 fully saturated rings. The highest BCUT2D eigenvalue weighted by Gasteiger charge is 2.14. The molecule has 1 unspecified atom stereocenters. The summed E-state index contributed by atoms with van der Waals surface area (Å²) >= 11 is 1.34. The molecule has 1 heterocycles. The van der Waals surface area contributed by atoms with Crippen LogP contribution >= 0.6 is 11.3 Å². The lowest BCUT2D eigenvalue weighted by molar-refractivity contribution is -0.121. The molecule has 0 aliphatic heterocycles. The summed E-state index contributed by atoms with van der Waals surface area (Å²) in [5.74, 6) is -2.26. The van der Waals surface area contributed by atoms with Gasteiger partial charge in [0.2, 0.25) is 5.91 Å². The Kier molecular flexibility index (Phi) is 5.38. The fourth-order valence-electron chi connectivity index (χ4n) is 1.97. The molecule has 22 heavy (non-hydrogen) atoms. The van der Waals surface area contributed by atoms with Crippen LogP contribution in [0.3, 0.4) is 0 Å². The molecule has 1 N–H and O–H groups in total. The van der Waals surface area contributed by atoms with Crippen LogP contribution in [0.2, 0.25) is 0 Å². The molecule has 0 aliphatic carbocycles. The zero-order chi connectivity index (χ0) is 16.1. The molecule has 1 atom stereocenters. The third kappa shape index (κ3) is 4.21. The van der Waals surface area contributed by atoms with Gasteiger partial charge in [-0.25, -0.2) is 8.78 Å². The molecule has 1 aromatic heterocycles. The molecule has 6 heteroatoms. The van der Waals surface area contributed by atoms with Crippen molar-refractivity contribution >= 4 is 23.0 Å². The second-order valence-corrected chi connectivity index (χ2v) is 5.81. The first-order valence-corrected chi connectivity index (χ1v) is 7.66. The minimum Gasteiger partial charge on any atom is -0.350 e. The van der Waals surface area contributed by atoms with Gasteiger partial charge in [-0.1, -0.05) is 12.1 Å². The number of carbonyl (C=O) groups is 2. The second kappa shape index (κ2) is 7.26. The molecule has 2 rings (SSSR count). The van der Waals surface area contributed by atoms with Crippen LogP contribution in [0.15, 0.2) is 35.7 Å². The number of ketones is 1. The molecule has 2 aromatic rings. The highest BCUT2D eigenvalue weighted by molar-refractivity contribution is 7.12. The molecule has 0 aliphatic rings. The number of carbonyl (C=O) groups excluding carboxylic acids is 2. The van der Waals surface area contributed by atoms with Crippen LogP contribution in [0.1, 0.15) is 41.0 Å². The van der Waals surface area contributed by atoms with Crippen molar-refractivity contribution in [2.75, 3.05) is 0 Å². The van der Waals surface area contributed by atoms with Gasteiger partial charge in [0.1, 0.15) is 0 Å². The van der Waals surface area contributed by atoms with Gasteiger partial charge in [0.15, 0.2) is 17.4 Å². The van der Waals surface area contributed by atoms with Crippen molar-refractivity contribution in [2.45, 2.75) is 25.8 Å². The zero-order valence-corrected chi connectivity index (χ0v) is 12.8. The minimum atomic E-state index is -0.952. The molecule has 1 amide bonds. The summed E-state index contributed by atoms with van der Waals surface area (Å²) in [6, 6.07) is 6.53. The van der Waals surface area contributed by atoms with Gasteiger partial charge in [0.25, 0.3) is 0 Å². The number of amides is 1. The molecular weight excluding hydrogens is 308 g/mol. The van der Waals surface area contributed by atoms with Gasteiger partial charge in [-0.3, -0.25) is 9.59 Å². The Labute approximate surface area is 131 Å². The number of Topliss-reactive ketones (excluding diaryl/α,β-unsaturated/α-hetero) is 1. The number of rotatable bonds is 6. The summed E-state index contributed by atoms with van der Waals surface area (Å²) in [5, 5.41) is 4.47. The van der Waals surface area contributed by atoms with E-state index in [2.05, 4.69) is 5.32 Å². The van der Waals surface area contributed by atoms with Gasteiger partial charge in [0.05, 0.1) is 10.9 Å². The molecule has 0 saturated carbocycles. The highest BCUT2D eigenvalue weighted by Crippen LogP contribution is 2.17. The SMILES string of the molecule is CC(NC(=O)CCC(=O)c1cccs1)c1ccc(F)c(F)c1.